The Morgan fingerprint density at radius 3 is 2.62 bits per heavy atom. The van der Waals surface area contributed by atoms with Gasteiger partial charge in [-0.25, -0.2) is 0 Å². The predicted molar refractivity (Wildman–Crippen MR) is 110 cm³/mol. The number of methoxy groups -OCH3 is 1. The van der Waals surface area contributed by atoms with Crippen molar-refractivity contribution in [3.05, 3.63) is 80.7 Å². The fraction of sp³-hybridized carbons (Fsp3) is 0.238. The molecule has 0 aliphatic rings. The van der Waals surface area contributed by atoms with Crippen molar-refractivity contribution in [3.63, 3.8) is 0 Å². The van der Waals surface area contributed by atoms with Gasteiger partial charge >= 0.3 is 0 Å². The molecule has 0 aliphatic carbocycles. The van der Waals surface area contributed by atoms with Crippen LogP contribution in [0.15, 0.2) is 42.5 Å². The van der Waals surface area contributed by atoms with Gasteiger partial charge in [-0.3, -0.25) is 19.6 Å². The highest BCUT2D eigenvalue weighted by Gasteiger charge is 2.18. The molecule has 0 saturated carbocycles. The molecule has 8 heteroatoms. The van der Waals surface area contributed by atoms with Crippen molar-refractivity contribution >= 4 is 17.3 Å². The van der Waals surface area contributed by atoms with Gasteiger partial charge in [0.2, 0.25) is 0 Å². The van der Waals surface area contributed by atoms with Crippen molar-refractivity contribution in [2.45, 2.75) is 27.3 Å². The molecule has 8 nitrogen and oxygen atoms in total. The Morgan fingerprint density at radius 2 is 1.97 bits per heavy atom. The molecule has 0 saturated heterocycles. The summed E-state index contributed by atoms with van der Waals surface area (Å²) in [5, 5.41) is 18.4. The summed E-state index contributed by atoms with van der Waals surface area (Å²) in [7, 11) is 1.62. The lowest BCUT2D eigenvalue weighted by molar-refractivity contribution is -0.385. The lowest BCUT2D eigenvalue weighted by Gasteiger charge is -2.09. The number of benzene rings is 2. The van der Waals surface area contributed by atoms with Crippen LogP contribution in [0.3, 0.4) is 0 Å². The van der Waals surface area contributed by atoms with Crippen LogP contribution in [0.1, 0.15) is 32.9 Å². The maximum Gasteiger partial charge on any atom is 0.272 e. The number of rotatable bonds is 6. The molecule has 1 aromatic heterocycles. The molecular formula is C21H22N4O4. The Hall–Kier alpha value is -3.68. The monoisotopic (exact) mass is 394 g/mol. The lowest BCUT2D eigenvalue weighted by atomic mass is 10.1. The Kier molecular flexibility index (Phi) is 5.63. The number of nitrogens with zero attached hydrogens (tertiary/aromatic N) is 3. The van der Waals surface area contributed by atoms with Crippen molar-refractivity contribution in [1.82, 2.24) is 9.78 Å². The lowest BCUT2D eigenvalue weighted by Crippen LogP contribution is -2.14. The smallest absolute Gasteiger partial charge is 0.272 e. The SMILES string of the molecule is COc1cccc(Cn2nc(C)c(NC(=O)c3ccc([N+](=O)[O-])c(C)c3)c2C)c1. The van der Waals surface area contributed by atoms with E-state index >= 15 is 0 Å². The third-order valence-corrected chi connectivity index (χ3v) is 4.74. The minimum Gasteiger partial charge on any atom is -0.497 e. The summed E-state index contributed by atoms with van der Waals surface area (Å²) in [5.74, 6) is 0.432. The molecule has 150 valence electrons. The van der Waals surface area contributed by atoms with Crippen LogP contribution in [0.2, 0.25) is 0 Å². The summed E-state index contributed by atoms with van der Waals surface area (Å²) in [6.45, 7) is 5.86. The molecule has 1 N–H and O–H groups in total. The van der Waals surface area contributed by atoms with E-state index in [-0.39, 0.29) is 11.6 Å². The van der Waals surface area contributed by atoms with Crippen LogP contribution in [-0.4, -0.2) is 27.7 Å². The topological polar surface area (TPSA) is 99.3 Å². The van der Waals surface area contributed by atoms with Crippen LogP contribution in [-0.2, 0) is 6.54 Å². The number of hydrogen-bond acceptors (Lipinski definition) is 5. The van der Waals surface area contributed by atoms with Crippen molar-refractivity contribution in [1.29, 1.82) is 0 Å². The van der Waals surface area contributed by atoms with E-state index in [9.17, 15) is 14.9 Å². The Morgan fingerprint density at radius 1 is 1.21 bits per heavy atom. The Labute approximate surface area is 168 Å². The van der Waals surface area contributed by atoms with Gasteiger partial charge in [-0.1, -0.05) is 12.1 Å². The zero-order valence-electron chi connectivity index (χ0n) is 16.7. The van der Waals surface area contributed by atoms with Gasteiger partial charge in [-0.2, -0.15) is 5.10 Å². The molecule has 0 fully saturated rings. The molecule has 3 aromatic rings. The number of ether oxygens (including phenoxy) is 1. The molecule has 1 heterocycles. The third kappa shape index (κ3) is 4.26. The van der Waals surface area contributed by atoms with Crippen molar-refractivity contribution in [2.24, 2.45) is 0 Å². The first-order chi connectivity index (χ1) is 13.8. The number of aryl methyl sites for hydroxylation is 2. The number of amides is 1. The molecule has 3 rings (SSSR count). The quantitative estimate of drug-likeness (QED) is 0.503. The zero-order valence-corrected chi connectivity index (χ0v) is 16.7. The van der Waals surface area contributed by atoms with Gasteiger partial charge in [0.05, 0.1) is 35.7 Å². The van der Waals surface area contributed by atoms with E-state index in [0.717, 1.165) is 17.0 Å². The average Bonchev–Trinajstić information content (AvgIpc) is 2.95. The largest absolute Gasteiger partial charge is 0.497 e. The maximum absolute atomic E-state index is 12.7. The molecule has 0 bridgehead atoms. The highest BCUT2D eigenvalue weighted by molar-refractivity contribution is 6.05. The summed E-state index contributed by atoms with van der Waals surface area (Å²) < 4.78 is 7.08. The highest BCUT2D eigenvalue weighted by atomic mass is 16.6. The van der Waals surface area contributed by atoms with Crippen LogP contribution in [0.4, 0.5) is 11.4 Å². The van der Waals surface area contributed by atoms with Gasteiger partial charge in [0.1, 0.15) is 5.75 Å². The van der Waals surface area contributed by atoms with Gasteiger partial charge in [0.25, 0.3) is 11.6 Å². The van der Waals surface area contributed by atoms with E-state index in [1.165, 1.54) is 18.2 Å². The highest BCUT2D eigenvalue weighted by Crippen LogP contribution is 2.24. The number of nitro groups is 1. The molecule has 0 atom stereocenters. The number of hydrogen-bond donors (Lipinski definition) is 1. The molecule has 0 aliphatic heterocycles. The molecule has 1 amide bonds. The normalized spacial score (nSPS) is 10.6. The van der Waals surface area contributed by atoms with E-state index in [4.69, 9.17) is 4.74 Å². The summed E-state index contributed by atoms with van der Waals surface area (Å²) >= 11 is 0. The van der Waals surface area contributed by atoms with Crippen LogP contribution in [0.25, 0.3) is 0 Å². The molecule has 0 radical (unpaired) electrons. The van der Waals surface area contributed by atoms with Crippen LogP contribution < -0.4 is 10.1 Å². The van der Waals surface area contributed by atoms with Crippen molar-refractivity contribution in [2.75, 3.05) is 12.4 Å². The molecule has 29 heavy (non-hydrogen) atoms. The predicted octanol–water partition coefficient (Wildman–Crippen LogP) is 4.03. The number of nitro benzene ring substituents is 1. The Balaban J connectivity index is 1.82. The first-order valence-electron chi connectivity index (χ1n) is 9.03. The standard InChI is InChI=1S/C21H22N4O4/c1-13-10-17(8-9-19(13)25(27)28)21(26)22-20-14(2)23-24(15(20)3)12-16-6-5-7-18(11-16)29-4/h5-11H,12H2,1-4H3,(H,22,26). The number of carbonyl (C=O) groups is 1. The van der Waals surface area contributed by atoms with Crippen LogP contribution in [0.5, 0.6) is 5.75 Å². The minimum absolute atomic E-state index is 0.0139. The van der Waals surface area contributed by atoms with E-state index < -0.39 is 4.92 Å². The van der Waals surface area contributed by atoms with Crippen molar-refractivity contribution in [3.8, 4) is 5.75 Å². The second kappa shape index (κ2) is 8.14. The fourth-order valence-corrected chi connectivity index (χ4v) is 3.16. The van der Waals surface area contributed by atoms with Gasteiger partial charge in [-0.15, -0.1) is 0 Å². The van der Waals surface area contributed by atoms with E-state index in [2.05, 4.69) is 10.4 Å². The number of aromatic nitrogens is 2. The van der Waals surface area contributed by atoms with Crippen LogP contribution in [0, 0.1) is 30.9 Å². The minimum atomic E-state index is -0.464. The van der Waals surface area contributed by atoms with E-state index in [1.807, 2.05) is 42.8 Å². The van der Waals surface area contributed by atoms with Crippen LogP contribution >= 0.6 is 0 Å². The number of nitrogens with one attached hydrogen (secondary N) is 1. The van der Waals surface area contributed by atoms with Gasteiger partial charge in [-0.05, 0) is 50.6 Å². The average molecular weight is 394 g/mol. The van der Waals surface area contributed by atoms with Crippen molar-refractivity contribution < 1.29 is 14.5 Å². The summed E-state index contributed by atoms with van der Waals surface area (Å²) in [6.07, 6.45) is 0. The van der Waals surface area contributed by atoms with Gasteiger partial charge < -0.3 is 10.1 Å². The summed E-state index contributed by atoms with van der Waals surface area (Å²) in [4.78, 5) is 23.2. The number of anilines is 1. The number of carbonyl (C=O) groups excluding carboxylic acids is 1. The zero-order chi connectivity index (χ0) is 21.1. The summed E-state index contributed by atoms with van der Waals surface area (Å²) in [6, 6.07) is 12.0. The second-order valence-electron chi connectivity index (χ2n) is 6.77. The molecular weight excluding hydrogens is 372 g/mol. The van der Waals surface area contributed by atoms with E-state index in [0.29, 0.717) is 29.1 Å². The molecule has 0 unspecified atom stereocenters. The second-order valence-corrected chi connectivity index (χ2v) is 6.77. The first kappa shape index (κ1) is 20.1. The van der Waals surface area contributed by atoms with Gasteiger partial charge in [0, 0.05) is 17.2 Å². The fourth-order valence-electron chi connectivity index (χ4n) is 3.16. The van der Waals surface area contributed by atoms with E-state index in [1.54, 1.807) is 14.0 Å². The maximum atomic E-state index is 12.7. The summed E-state index contributed by atoms with van der Waals surface area (Å²) in [5.41, 5.74) is 3.94. The third-order valence-electron chi connectivity index (χ3n) is 4.74. The first-order valence-corrected chi connectivity index (χ1v) is 9.03. The van der Waals surface area contributed by atoms with Gasteiger partial charge in [0.15, 0.2) is 0 Å². The molecule has 2 aromatic carbocycles. The molecule has 0 spiro atoms. The Bertz CT molecular complexity index is 1090.